The van der Waals surface area contributed by atoms with Gasteiger partial charge in [-0.25, -0.2) is 0 Å². The summed E-state index contributed by atoms with van der Waals surface area (Å²) in [6, 6.07) is 4.41. The number of nitrogens with one attached hydrogen (secondary N) is 1. The van der Waals surface area contributed by atoms with Crippen molar-refractivity contribution >= 4 is 10.8 Å². The van der Waals surface area contributed by atoms with Crippen molar-refractivity contribution in [3.05, 3.63) is 35.8 Å². The van der Waals surface area contributed by atoms with Gasteiger partial charge in [0.2, 0.25) is 0 Å². The highest BCUT2D eigenvalue weighted by atomic mass is 16.3. The zero-order valence-corrected chi connectivity index (χ0v) is 10.9. The topological polar surface area (TPSA) is 28.4 Å². The predicted octanol–water partition coefficient (Wildman–Crippen LogP) is 2.19. The lowest BCUT2D eigenvalue weighted by molar-refractivity contribution is 0.244. The molecule has 96 valence electrons. The second kappa shape index (κ2) is 5.12. The minimum Gasteiger partial charge on any atom is -0.471 e. The van der Waals surface area contributed by atoms with E-state index in [2.05, 4.69) is 29.3 Å². The van der Waals surface area contributed by atoms with Gasteiger partial charge in [0.15, 0.2) is 0 Å². The van der Waals surface area contributed by atoms with Crippen LogP contribution in [-0.2, 0) is 6.42 Å². The molecule has 0 saturated carbocycles. The molecule has 18 heavy (non-hydrogen) atoms. The molecule has 0 spiro atoms. The lowest BCUT2D eigenvalue weighted by Gasteiger charge is -2.27. The standard InChI is InChI=1S/C15H20N2O/c1-12-13(2-3-14-10-18-11-15(12)14)4-7-17-8-5-16-6-9-17/h2-3,10-11,16H,4-9H2,1H3. The number of hydrogen-bond donors (Lipinski definition) is 1. The Morgan fingerprint density at radius 3 is 2.89 bits per heavy atom. The molecule has 1 fully saturated rings. The van der Waals surface area contributed by atoms with Gasteiger partial charge in [-0.1, -0.05) is 12.1 Å². The van der Waals surface area contributed by atoms with Gasteiger partial charge < -0.3 is 14.6 Å². The molecule has 1 N–H and O–H groups in total. The highest BCUT2D eigenvalue weighted by Gasteiger charge is 2.11. The summed E-state index contributed by atoms with van der Waals surface area (Å²) in [4.78, 5) is 2.54. The van der Waals surface area contributed by atoms with Crippen LogP contribution in [0.15, 0.2) is 29.1 Å². The van der Waals surface area contributed by atoms with E-state index in [0.717, 1.165) is 26.1 Å². The summed E-state index contributed by atoms with van der Waals surface area (Å²) in [5.41, 5.74) is 2.82. The van der Waals surface area contributed by atoms with Crippen LogP contribution in [0.3, 0.4) is 0 Å². The lowest BCUT2D eigenvalue weighted by atomic mass is 10.0. The molecule has 0 aliphatic carbocycles. The Morgan fingerprint density at radius 2 is 2.06 bits per heavy atom. The third-order valence-corrected chi connectivity index (χ3v) is 3.95. The molecule has 2 aromatic rings. The molecule has 0 atom stereocenters. The molecular weight excluding hydrogens is 224 g/mol. The molecule has 0 radical (unpaired) electrons. The Morgan fingerprint density at radius 1 is 1.22 bits per heavy atom. The Balaban J connectivity index is 1.71. The van der Waals surface area contributed by atoms with Crippen LogP contribution in [0.1, 0.15) is 11.1 Å². The minimum absolute atomic E-state index is 1.12. The van der Waals surface area contributed by atoms with Crippen molar-refractivity contribution in [2.24, 2.45) is 0 Å². The zero-order valence-electron chi connectivity index (χ0n) is 10.9. The molecule has 3 rings (SSSR count). The zero-order chi connectivity index (χ0) is 12.4. The van der Waals surface area contributed by atoms with E-state index in [9.17, 15) is 0 Å². The second-order valence-corrected chi connectivity index (χ2v) is 5.07. The first kappa shape index (κ1) is 11.8. The Kier molecular flexibility index (Phi) is 3.35. The number of hydrogen-bond acceptors (Lipinski definition) is 3. The maximum Gasteiger partial charge on any atom is 0.0984 e. The molecular formula is C15H20N2O. The van der Waals surface area contributed by atoms with Gasteiger partial charge in [0.05, 0.1) is 12.5 Å². The monoisotopic (exact) mass is 244 g/mol. The predicted molar refractivity (Wildman–Crippen MR) is 74.0 cm³/mol. The maximum atomic E-state index is 5.28. The summed E-state index contributed by atoms with van der Waals surface area (Å²) in [6.45, 7) is 7.95. The highest BCUT2D eigenvalue weighted by Crippen LogP contribution is 2.23. The van der Waals surface area contributed by atoms with Crippen LogP contribution in [0.25, 0.3) is 10.8 Å². The van der Waals surface area contributed by atoms with E-state index in [1.54, 1.807) is 0 Å². The molecule has 0 unspecified atom stereocenters. The van der Waals surface area contributed by atoms with E-state index in [1.165, 1.54) is 35.0 Å². The fourth-order valence-corrected chi connectivity index (χ4v) is 2.71. The van der Waals surface area contributed by atoms with Crippen LogP contribution in [0.5, 0.6) is 0 Å². The van der Waals surface area contributed by atoms with Crippen LogP contribution in [0.4, 0.5) is 0 Å². The van der Waals surface area contributed by atoms with Crippen LogP contribution in [0.2, 0.25) is 0 Å². The number of furan rings is 1. The summed E-state index contributed by atoms with van der Waals surface area (Å²) in [5.74, 6) is 0. The average molecular weight is 244 g/mol. The van der Waals surface area contributed by atoms with E-state index in [4.69, 9.17) is 4.42 Å². The molecule has 0 bridgehead atoms. The normalized spacial score (nSPS) is 17.4. The van der Waals surface area contributed by atoms with Gasteiger partial charge in [0.25, 0.3) is 0 Å². The molecule has 1 aromatic heterocycles. The van der Waals surface area contributed by atoms with Crippen LogP contribution >= 0.6 is 0 Å². The summed E-state index contributed by atoms with van der Waals surface area (Å²) < 4.78 is 5.28. The van der Waals surface area contributed by atoms with E-state index < -0.39 is 0 Å². The van der Waals surface area contributed by atoms with Gasteiger partial charge in [0, 0.05) is 43.5 Å². The van der Waals surface area contributed by atoms with Crippen LogP contribution in [0, 0.1) is 6.92 Å². The first-order chi connectivity index (χ1) is 8.84. The van der Waals surface area contributed by atoms with Gasteiger partial charge in [-0.2, -0.15) is 0 Å². The third kappa shape index (κ3) is 2.28. The third-order valence-electron chi connectivity index (χ3n) is 3.95. The number of rotatable bonds is 3. The lowest BCUT2D eigenvalue weighted by Crippen LogP contribution is -2.44. The van der Waals surface area contributed by atoms with E-state index >= 15 is 0 Å². The van der Waals surface area contributed by atoms with E-state index in [1.807, 2.05) is 12.5 Å². The van der Waals surface area contributed by atoms with Gasteiger partial charge >= 0.3 is 0 Å². The summed E-state index contributed by atoms with van der Waals surface area (Å²) in [5, 5.41) is 5.86. The number of nitrogens with zero attached hydrogens (tertiary/aromatic N) is 1. The van der Waals surface area contributed by atoms with Gasteiger partial charge in [-0.3, -0.25) is 0 Å². The quantitative estimate of drug-likeness (QED) is 0.897. The van der Waals surface area contributed by atoms with Gasteiger partial charge in [0.1, 0.15) is 0 Å². The minimum atomic E-state index is 1.12. The summed E-state index contributed by atoms with van der Waals surface area (Å²) in [6.07, 6.45) is 4.81. The molecule has 3 heteroatoms. The number of aryl methyl sites for hydroxylation is 1. The Bertz CT molecular complexity index is 526. The second-order valence-electron chi connectivity index (χ2n) is 5.07. The van der Waals surface area contributed by atoms with Gasteiger partial charge in [-0.05, 0) is 24.5 Å². The number of benzene rings is 1. The van der Waals surface area contributed by atoms with Crippen molar-refractivity contribution < 1.29 is 4.42 Å². The van der Waals surface area contributed by atoms with Crippen molar-refractivity contribution in [2.45, 2.75) is 13.3 Å². The van der Waals surface area contributed by atoms with E-state index in [-0.39, 0.29) is 0 Å². The van der Waals surface area contributed by atoms with E-state index in [0.29, 0.717) is 0 Å². The maximum absolute atomic E-state index is 5.28. The van der Waals surface area contributed by atoms with Crippen molar-refractivity contribution in [1.29, 1.82) is 0 Å². The highest BCUT2D eigenvalue weighted by molar-refractivity contribution is 5.85. The summed E-state index contributed by atoms with van der Waals surface area (Å²) in [7, 11) is 0. The molecule has 3 nitrogen and oxygen atoms in total. The Labute approximate surface area is 108 Å². The fourth-order valence-electron chi connectivity index (χ4n) is 2.71. The van der Waals surface area contributed by atoms with Crippen molar-refractivity contribution in [1.82, 2.24) is 10.2 Å². The molecule has 0 amide bonds. The smallest absolute Gasteiger partial charge is 0.0984 e. The average Bonchev–Trinajstić information content (AvgIpc) is 2.88. The molecule has 2 heterocycles. The molecule has 1 aliphatic heterocycles. The van der Waals surface area contributed by atoms with Crippen LogP contribution in [-0.4, -0.2) is 37.6 Å². The van der Waals surface area contributed by atoms with Crippen molar-refractivity contribution in [3.63, 3.8) is 0 Å². The van der Waals surface area contributed by atoms with Crippen LogP contribution < -0.4 is 5.32 Å². The molecule has 1 aromatic carbocycles. The number of piperazine rings is 1. The molecule has 1 saturated heterocycles. The number of fused-ring (bicyclic) bond motifs is 1. The SMILES string of the molecule is Cc1c(CCN2CCNCC2)ccc2cocc12. The fraction of sp³-hybridized carbons (Fsp3) is 0.467. The van der Waals surface area contributed by atoms with Crippen molar-refractivity contribution in [3.8, 4) is 0 Å². The van der Waals surface area contributed by atoms with Gasteiger partial charge in [-0.15, -0.1) is 0 Å². The first-order valence-corrected chi connectivity index (χ1v) is 6.72. The molecule has 1 aliphatic rings. The largest absolute Gasteiger partial charge is 0.471 e. The Hall–Kier alpha value is -1.32. The van der Waals surface area contributed by atoms with Crippen molar-refractivity contribution in [2.75, 3.05) is 32.7 Å². The first-order valence-electron chi connectivity index (χ1n) is 6.72. The summed E-state index contributed by atoms with van der Waals surface area (Å²) >= 11 is 0.